The molecule has 3 rings (SSSR count). The summed E-state index contributed by atoms with van der Waals surface area (Å²) in [5, 5.41) is 15.8. The van der Waals surface area contributed by atoms with Gasteiger partial charge in [-0.2, -0.15) is 5.10 Å². The average Bonchev–Trinajstić information content (AvgIpc) is 3.03. The third kappa shape index (κ3) is 3.96. The predicted molar refractivity (Wildman–Crippen MR) is 96.2 cm³/mol. The number of carbonyl (C=O) groups excluding carboxylic acids is 2. The number of amides is 2. The van der Waals surface area contributed by atoms with Crippen molar-refractivity contribution in [2.24, 2.45) is 0 Å². The molecule has 0 bridgehead atoms. The van der Waals surface area contributed by atoms with Crippen LogP contribution >= 0.6 is 0 Å². The van der Waals surface area contributed by atoms with Gasteiger partial charge >= 0.3 is 0 Å². The van der Waals surface area contributed by atoms with E-state index in [0.29, 0.717) is 23.5 Å². The van der Waals surface area contributed by atoms with Gasteiger partial charge in [0, 0.05) is 16.9 Å². The molecule has 0 saturated heterocycles. The van der Waals surface area contributed by atoms with Gasteiger partial charge in [-0.15, -0.1) is 0 Å². The highest BCUT2D eigenvalue weighted by molar-refractivity contribution is 6.02. The van der Waals surface area contributed by atoms with Crippen molar-refractivity contribution in [3.8, 4) is 0 Å². The Labute approximate surface area is 150 Å². The fourth-order valence-electron chi connectivity index (χ4n) is 2.50. The first-order valence-electron chi connectivity index (χ1n) is 8.01. The summed E-state index contributed by atoms with van der Waals surface area (Å²) in [5.41, 5.74) is 4.76. The Morgan fingerprint density at radius 1 is 1.04 bits per heavy atom. The van der Waals surface area contributed by atoms with Crippen LogP contribution in [0.5, 0.6) is 0 Å². The van der Waals surface area contributed by atoms with E-state index in [9.17, 15) is 9.59 Å². The maximum Gasteiger partial charge on any atom is 0.276 e. The molecule has 26 heavy (non-hydrogen) atoms. The second-order valence-corrected chi connectivity index (χ2v) is 5.79. The molecule has 0 unspecified atom stereocenters. The van der Waals surface area contributed by atoms with E-state index in [4.69, 9.17) is 5.21 Å². The Kier molecular flexibility index (Phi) is 5.09. The molecule has 7 nitrogen and oxygen atoms in total. The standard InChI is InChI=1S/C19H18N4O3/c1-13-11-17(19(25)20-16-5-3-2-4-6-16)21-23(13)12-14-7-9-15(10-8-14)18(24)22-26/h2-11,26H,12H2,1H3,(H,20,25)(H,22,24). The van der Waals surface area contributed by atoms with Crippen LogP contribution in [0.15, 0.2) is 60.7 Å². The molecule has 7 heteroatoms. The minimum absolute atomic E-state index is 0.270. The van der Waals surface area contributed by atoms with E-state index >= 15 is 0 Å². The van der Waals surface area contributed by atoms with Crippen LogP contribution in [-0.4, -0.2) is 26.8 Å². The van der Waals surface area contributed by atoms with Crippen LogP contribution in [0.1, 0.15) is 32.1 Å². The first-order chi connectivity index (χ1) is 12.6. The van der Waals surface area contributed by atoms with Crippen molar-refractivity contribution in [3.63, 3.8) is 0 Å². The summed E-state index contributed by atoms with van der Waals surface area (Å²) in [4.78, 5) is 23.7. The number of nitrogens with zero attached hydrogens (tertiary/aromatic N) is 2. The fourth-order valence-corrected chi connectivity index (χ4v) is 2.50. The SMILES string of the molecule is Cc1cc(C(=O)Nc2ccccc2)nn1Cc1ccc(C(=O)NO)cc1. The Morgan fingerprint density at radius 2 is 1.73 bits per heavy atom. The predicted octanol–water partition coefficient (Wildman–Crippen LogP) is 2.61. The topological polar surface area (TPSA) is 96.2 Å². The maximum atomic E-state index is 12.3. The molecule has 0 radical (unpaired) electrons. The number of hydrogen-bond donors (Lipinski definition) is 3. The zero-order valence-corrected chi connectivity index (χ0v) is 14.1. The van der Waals surface area contributed by atoms with Gasteiger partial charge in [-0.3, -0.25) is 19.5 Å². The number of aryl methyl sites for hydroxylation is 1. The van der Waals surface area contributed by atoms with Crippen LogP contribution in [0.25, 0.3) is 0 Å². The van der Waals surface area contributed by atoms with Gasteiger partial charge in [-0.05, 0) is 42.8 Å². The Morgan fingerprint density at radius 3 is 2.38 bits per heavy atom. The molecule has 2 aromatic carbocycles. The molecule has 0 fully saturated rings. The van der Waals surface area contributed by atoms with Crippen LogP contribution in [0.2, 0.25) is 0 Å². The molecule has 0 atom stereocenters. The lowest BCUT2D eigenvalue weighted by Crippen LogP contribution is -2.18. The van der Waals surface area contributed by atoms with Gasteiger partial charge in [-0.1, -0.05) is 30.3 Å². The van der Waals surface area contributed by atoms with Crippen molar-refractivity contribution >= 4 is 17.5 Å². The molecule has 132 valence electrons. The molecule has 1 aromatic heterocycles. The molecular weight excluding hydrogens is 332 g/mol. The van der Waals surface area contributed by atoms with Crippen LogP contribution in [0.3, 0.4) is 0 Å². The van der Waals surface area contributed by atoms with Crippen molar-refractivity contribution in [2.75, 3.05) is 5.32 Å². The summed E-state index contributed by atoms with van der Waals surface area (Å²) in [5.74, 6) is -0.834. The molecule has 0 aliphatic rings. The first-order valence-corrected chi connectivity index (χ1v) is 8.01. The van der Waals surface area contributed by atoms with E-state index in [-0.39, 0.29) is 5.91 Å². The molecule has 3 aromatic rings. The normalized spacial score (nSPS) is 10.4. The molecule has 3 N–H and O–H groups in total. The van der Waals surface area contributed by atoms with E-state index in [0.717, 1.165) is 11.3 Å². The van der Waals surface area contributed by atoms with Crippen LogP contribution in [0, 0.1) is 6.92 Å². The molecule has 0 aliphatic heterocycles. The van der Waals surface area contributed by atoms with E-state index in [1.54, 1.807) is 40.5 Å². The second-order valence-electron chi connectivity index (χ2n) is 5.79. The Balaban J connectivity index is 1.72. The van der Waals surface area contributed by atoms with Gasteiger partial charge in [0.2, 0.25) is 0 Å². The Hall–Kier alpha value is -3.45. The molecule has 0 spiro atoms. The van der Waals surface area contributed by atoms with Crippen molar-refractivity contribution in [1.29, 1.82) is 0 Å². The first kappa shape index (κ1) is 17.4. The monoisotopic (exact) mass is 350 g/mol. The van der Waals surface area contributed by atoms with Crippen molar-refractivity contribution in [3.05, 3.63) is 83.2 Å². The molecular formula is C19H18N4O3. The summed E-state index contributed by atoms with van der Waals surface area (Å²) < 4.78 is 1.72. The van der Waals surface area contributed by atoms with E-state index in [1.165, 1.54) is 0 Å². The lowest BCUT2D eigenvalue weighted by Gasteiger charge is -2.06. The van der Waals surface area contributed by atoms with Crippen LogP contribution < -0.4 is 10.8 Å². The third-order valence-corrected chi connectivity index (χ3v) is 3.90. The van der Waals surface area contributed by atoms with Crippen molar-refractivity contribution < 1.29 is 14.8 Å². The number of rotatable bonds is 5. The summed E-state index contributed by atoms with van der Waals surface area (Å²) in [6.45, 7) is 2.34. The van der Waals surface area contributed by atoms with Gasteiger partial charge in [0.25, 0.3) is 11.8 Å². The summed E-state index contributed by atoms with van der Waals surface area (Å²) in [7, 11) is 0. The van der Waals surface area contributed by atoms with E-state index in [1.807, 2.05) is 37.3 Å². The smallest absolute Gasteiger partial charge is 0.276 e. The number of carbonyl (C=O) groups is 2. The summed E-state index contributed by atoms with van der Waals surface area (Å²) in [6, 6.07) is 17.7. The average molecular weight is 350 g/mol. The highest BCUT2D eigenvalue weighted by Gasteiger charge is 2.13. The number of hydroxylamine groups is 1. The Bertz CT molecular complexity index is 918. The third-order valence-electron chi connectivity index (χ3n) is 3.90. The number of aromatic nitrogens is 2. The van der Waals surface area contributed by atoms with Gasteiger partial charge in [-0.25, -0.2) is 5.48 Å². The number of benzene rings is 2. The zero-order valence-electron chi connectivity index (χ0n) is 14.1. The number of hydrogen-bond acceptors (Lipinski definition) is 4. The summed E-state index contributed by atoms with van der Waals surface area (Å²) >= 11 is 0. The quantitative estimate of drug-likeness (QED) is 0.487. The largest absolute Gasteiger partial charge is 0.321 e. The zero-order chi connectivity index (χ0) is 18.5. The number of nitrogens with one attached hydrogen (secondary N) is 2. The van der Waals surface area contributed by atoms with E-state index < -0.39 is 5.91 Å². The minimum Gasteiger partial charge on any atom is -0.321 e. The lowest BCUT2D eigenvalue weighted by molar-refractivity contribution is 0.0706. The van der Waals surface area contributed by atoms with Crippen LogP contribution in [0.4, 0.5) is 5.69 Å². The summed E-state index contributed by atoms with van der Waals surface area (Å²) in [6.07, 6.45) is 0. The highest BCUT2D eigenvalue weighted by Crippen LogP contribution is 2.12. The van der Waals surface area contributed by atoms with Gasteiger partial charge in [0.1, 0.15) is 0 Å². The molecule has 1 heterocycles. The lowest BCUT2D eigenvalue weighted by atomic mass is 10.1. The second kappa shape index (κ2) is 7.62. The van der Waals surface area contributed by atoms with Gasteiger partial charge < -0.3 is 5.32 Å². The number of para-hydroxylation sites is 1. The molecule has 0 saturated carbocycles. The molecule has 0 aliphatic carbocycles. The highest BCUT2D eigenvalue weighted by atomic mass is 16.5. The van der Waals surface area contributed by atoms with Gasteiger partial charge in [0.15, 0.2) is 5.69 Å². The van der Waals surface area contributed by atoms with Gasteiger partial charge in [0.05, 0.1) is 6.54 Å². The minimum atomic E-state index is -0.563. The van der Waals surface area contributed by atoms with Crippen molar-refractivity contribution in [1.82, 2.24) is 15.3 Å². The maximum absolute atomic E-state index is 12.3. The van der Waals surface area contributed by atoms with Crippen LogP contribution in [-0.2, 0) is 6.54 Å². The van der Waals surface area contributed by atoms with E-state index in [2.05, 4.69) is 10.4 Å². The van der Waals surface area contributed by atoms with Crippen molar-refractivity contribution in [2.45, 2.75) is 13.5 Å². The fraction of sp³-hybridized carbons (Fsp3) is 0.105. The molecule has 2 amide bonds. The number of anilines is 1.